The third-order valence-electron chi connectivity index (χ3n) is 6.40. The Morgan fingerprint density at radius 1 is 1.28 bits per heavy atom. The van der Waals surface area contributed by atoms with Gasteiger partial charge in [0.05, 0.1) is 18.1 Å². The van der Waals surface area contributed by atoms with Crippen LogP contribution in [-0.2, 0) is 14.3 Å². The van der Waals surface area contributed by atoms with Crippen molar-refractivity contribution >= 4 is 11.9 Å². The summed E-state index contributed by atoms with van der Waals surface area (Å²) in [5.41, 5.74) is -0.478. The lowest BCUT2D eigenvalue weighted by molar-refractivity contribution is -0.158. The summed E-state index contributed by atoms with van der Waals surface area (Å²) in [6, 6.07) is 0.379. The van der Waals surface area contributed by atoms with Gasteiger partial charge >= 0.3 is 5.97 Å². The fourth-order valence-electron chi connectivity index (χ4n) is 4.72. The van der Waals surface area contributed by atoms with Crippen molar-refractivity contribution in [3.63, 3.8) is 0 Å². The highest BCUT2D eigenvalue weighted by Gasteiger charge is 2.55. The maximum Gasteiger partial charge on any atom is 0.313 e. The molecular weight excluding hydrogens is 320 g/mol. The molecule has 2 aliphatic heterocycles. The van der Waals surface area contributed by atoms with E-state index in [2.05, 4.69) is 18.7 Å². The third-order valence-corrected chi connectivity index (χ3v) is 6.40. The van der Waals surface area contributed by atoms with Crippen molar-refractivity contribution in [2.45, 2.75) is 58.6 Å². The summed E-state index contributed by atoms with van der Waals surface area (Å²) in [4.78, 5) is 29.9. The molecule has 1 saturated carbocycles. The van der Waals surface area contributed by atoms with Crippen molar-refractivity contribution in [1.82, 2.24) is 9.80 Å². The molecule has 2 heterocycles. The van der Waals surface area contributed by atoms with E-state index in [0.29, 0.717) is 38.6 Å². The normalized spacial score (nSPS) is 35.9. The second-order valence-corrected chi connectivity index (χ2v) is 8.31. The van der Waals surface area contributed by atoms with Crippen molar-refractivity contribution < 1.29 is 19.4 Å². The van der Waals surface area contributed by atoms with Gasteiger partial charge in [-0.1, -0.05) is 0 Å². The van der Waals surface area contributed by atoms with Gasteiger partial charge in [0.2, 0.25) is 5.91 Å². The highest BCUT2D eigenvalue weighted by Crippen LogP contribution is 2.45. The number of aliphatic hydroxyl groups excluding tert-OH is 1. The van der Waals surface area contributed by atoms with Crippen LogP contribution in [0.4, 0.5) is 0 Å². The Kier molecular flexibility index (Phi) is 5.40. The first-order chi connectivity index (χ1) is 11.9. The fraction of sp³-hybridized carbons (Fsp3) is 0.895. The van der Waals surface area contributed by atoms with Crippen LogP contribution in [0.15, 0.2) is 0 Å². The molecule has 2 atom stereocenters. The van der Waals surface area contributed by atoms with Crippen LogP contribution in [-0.4, -0.2) is 71.7 Å². The molecule has 6 nitrogen and oxygen atoms in total. The molecule has 0 spiro atoms. The van der Waals surface area contributed by atoms with Crippen LogP contribution in [0.3, 0.4) is 0 Å². The highest BCUT2D eigenvalue weighted by molar-refractivity contribution is 5.81. The Hall–Kier alpha value is -1.14. The number of carbonyl (C=O) groups is 2. The van der Waals surface area contributed by atoms with Crippen molar-refractivity contribution in [3.8, 4) is 0 Å². The van der Waals surface area contributed by atoms with E-state index in [1.807, 2.05) is 11.8 Å². The van der Waals surface area contributed by atoms with E-state index in [1.54, 1.807) is 0 Å². The molecule has 3 rings (SSSR count). The summed E-state index contributed by atoms with van der Waals surface area (Å²) in [6.07, 6.45) is 2.48. The van der Waals surface area contributed by atoms with E-state index >= 15 is 0 Å². The topological polar surface area (TPSA) is 70.1 Å². The second kappa shape index (κ2) is 7.23. The van der Waals surface area contributed by atoms with E-state index < -0.39 is 5.41 Å². The molecule has 0 unspecified atom stereocenters. The largest absolute Gasteiger partial charge is 0.466 e. The number of likely N-dealkylation sites (tertiary alicyclic amines) is 2. The Morgan fingerprint density at radius 3 is 2.60 bits per heavy atom. The number of nitrogens with zero attached hydrogens (tertiary/aromatic N) is 2. The molecule has 3 aliphatic rings. The van der Waals surface area contributed by atoms with E-state index in [4.69, 9.17) is 4.74 Å². The predicted octanol–water partition coefficient (Wildman–Crippen LogP) is 1.27. The minimum Gasteiger partial charge on any atom is -0.466 e. The SMILES string of the molecule is CCOC(=O)[C@]12CCCN(C(=O)C3CC(O)C3)C[C@H]1CN(C(C)C)C2. The Balaban J connectivity index is 1.77. The Labute approximate surface area is 150 Å². The monoisotopic (exact) mass is 352 g/mol. The quantitative estimate of drug-likeness (QED) is 0.772. The number of aliphatic hydroxyl groups is 1. The fourth-order valence-corrected chi connectivity index (χ4v) is 4.72. The number of hydrogen-bond donors (Lipinski definition) is 1. The number of amides is 1. The molecule has 3 fully saturated rings. The average molecular weight is 352 g/mol. The summed E-state index contributed by atoms with van der Waals surface area (Å²) in [5.74, 6) is 0.169. The maximum absolute atomic E-state index is 12.9. The first-order valence-electron chi connectivity index (χ1n) is 9.75. The van der Waals surface area contributed by atoms with Gasteiger partial charge in [0, 0.05) is 44.1 Å². The summed E-state index contributed by atoms with van der Waals surface area (Å²) < 4.78 is 5.46. The van der Waals surface area contributed by atoms with E-state index in [-0.39, 0.29) is 29.8 Å². The summed E-state index contributed by atoms with van der Waals surface area (Å²) in [5, 5.41) is 9.50. The molecule has 0 aromatic carbocycles. The molecule has 1 amide bonds. The van der Waals surface area contributed by atoms with Crippen molar-refractivity contribution in [2.75, 3.05) is 32.8 Å². The van der Waals surface area contributed by atoms with Crippen LogP contribution in [0.25, 0.3) is 0 Å². The van der Waals surface area contributed by atoms with Gasteiger partial charge in [-0.05, 0) is 46.5 Å². The molecule has 0 radical (unpaired) electrons. The van der Waals surface area contributed by atoms with Crippen LogP contribution in [0.2, 0.25) is 0 Å². The minimum absolute atomic E-state index is 0.0345. The predicted molar refractivity (Wildman–Crippen MR) is 93.8 cm³/mol. The van der Waals surface area contributed by atoms with Crippen LogP contribution in [0.1, 0.15) is 46.5 Å². The molecular formula is C19H32N2O4. The molecule has 25 heavy (non-hydrogen) atoms. The lowest BCUT2D eigenvalue weighted by Gasteiger charge is -2.36. The lowest BCUT2D eigenvalue weighted by Crippen LogP contribution is -2.47. The molecule has 2 saturated heterocycles. The first kappa shape index (κ1) is 18.6. The van der Waals surface area contributed by atoms with Gasteiger partial charge in [-0.2, -0.15) is 0 Å². The molecule has 0 bridgehead atoms. The van der Waals surface area contributed by atoms with Gasteiger partial charge in [-0.15, -0.1) is 0 Å². The van der Waals surface area contributed by atoms with E-state index in [1.165, 1.54) is 0 Å². The van der Waals surface area contributed by atoms with Gasteiger partial charge in [-0.25, -0.2) is 0 Å². The van der Waals surface area contributed by atoms with Gasteiger partial charge in [-0.3, -0.25) is 14.5 Å². The molecule has 1 aliphatic carbocycles. The van der Waals surface area contributed by atoms with Gasteiger partial charge in [0.1, 0.15) is 0 Å². The highest BCUT2D eigenvalue weighted by atomic mass is 16.5. The van der Waals surface area contributed by atoms with Crippen LogP contribution in [0.5, 0.6) is 0 Å². The van der Waals surface area contributed by atoms with Gasteiger partial charge in [0.15, 0.2) is 0 Å². The molecule has 0 aromatic heterocycles. The number of hydrogen-bond acceptors (Lipinski definition) is 5. The lowest BCUT2D eigenvalue weighted by atomic mass is 9.75. The zero-order valence-electron chi connectivity index (χ0n) is 15.7. The van der Waals surface area contributed by atoms with E-state index in [9.17, 15) is 14.7 Å². The third kappa shape index (κ3) is 3.43. The van der Waals surface area contributed by atoms with Gasteiger partial charge in [0.25, 0.3) is 0 Å². The summed E-state index contributed by atoms with van der Waals surface area (Å²) in [6.45, 7) is 9.49. The molecule has 6 heteroatoms. The second-order valence-electron chi connectivity index (χ2n) is 8.31. The summed E-state index contributed by atoms with van der Waals surface area (Å²) in [7, 11) is 0. The summed E-state index contributed by atoms with van der Waals surface area (Å²) >= 11 is 0. The zero-order chi connectivity index (χ0) is 18.2. The average Bonchev–Trinajstić information content (AvgIpc) is 2.81. The van der Waals surface area contributed by atoms with Crippen LogP contribution < -0.4 is 0 Å². The standard InChI is InChI=1S/C19H32N2O4/c1-4-25-18(24)19-6-5-7-20(17(23)14-8-16(22)9-14)10-15(19)11-21(12-19)13(2)3/h13-16,22H,4-12H2,1-3H3/t14?,15-,16?,19-/m0/s1. The number of fused-ring (bicyclic) bond motifs is 1. The minimum atomic E-state index is -0.478. The van der Waals surface area contributed by atoms with Crippen molar-refractivity contribution in [2.24, 2.45) is 17.3 Å². The molecule has 1 N–H and O–H groups in total. The molecule has 0 aromatic rings. The van der Waals surface area contributed by atoms with Gasteiger partial charge < -0.3 is 14.7 Å². The number of carbonyl (C=O) groups excluding carboxylic acids is 2. The Bertz CT molecular complexity index is 518. The smallest absolute Gasteiger partial charge is 0.313 e. The van der Waals surface area contributed by atoms with Crippen molar-refractivity contribution in [1.29, 1.82) is 0 Å². The van der Waals surface area contributed by atoms with E-state index in [0.717, 1.165) is 25.9 Å². The zero-order valence-corrected chi connectivity index (χ0v) is 15.7. The number of esters is 1. The number of ether oxygens (including phenoxy) is 1. The van der Waals surface area contributed by atoms with Crippen LogP contribution in [0, 0.1) is 17.3 Å². The van der Waals surface area contributed by atoms with Crippen molar-refractivity contribution in [3.05, 3.63) is 0 Å². The maximum atomic E-state index is 12.9. The van der Waals surface area contributed by atoms with Crippen LogP contribution >= 0.6 is 0 Å². The number of rotatable bonds is 4. The molecule has 142 valence electrons. The Morgan fingerprint density at radius 2 is 2.00 bits per heavy atom. The first-order valence-corrected chi connectivity index (χ1v) is 9.75.